The van der Waals surface area contributed by atoms with Crippen molar-refractivity contribution in [2.75, 3.05) is 25.0 Å². The number of benzene rings is 2. The number of nitrogens with zero attached hydrogens (tertiary/aromatic N) is 1. The Kier molecular flexibility index (Phi) is 6.91. The highest BCUT2D eigenvalue weighted by Gasteiger charge is 2.48. The zero-order valence-corrected chi connectivity index (χ0v) is 17.9. The molecule has 31 heavy (non-hydrogen) atoms. The van der Waals surface area contributed by atoms with Crippen LogP contribution in [0.1, 0.15) is 43.1 Å². The SMILES string of the molecule is CCNC(CC)C1(O)CN(C(=O)c2ccc(F)c(F)c2Nc2ccc(CC)cc2F)C1. The van der Waals surface area contributed by atoms with Gasteiger partial charge >= 0.3 is 0 Å². The van der Waals surface area contributed by atoms with E-state index in [9.17, 15) is 23.1 Å². The van der Waals surface area contributed by atoms with Crippen molar-refractivity contribution in [3.05, 3.63) is 58.9 Å². The van der Waals surface area contributed by atoms with Gasteiger partial charge in [0, 0.05) is 6.04 Å². The predicted molar refractivity (Wildman–Crippen MR) is 114 cm³/mol. The number of aryl methyl sites for hydroxylation is 1. The normalized spacial score (nSPS) is 16.0. The third-order valence-corrected chi connectivity index (χ3v) is 5.75. The van der Waals surface area contributed by atoms with Crippen molar-refractivity contribution < 1.29 is 23.1 Å². The summed E-state index contributed by atoms with van der Waals surface area (Å²) >= 11 is 0. The van der Waals surface area contributed by atoms with Gasteiger partial charge in [-0.25, -0.2) is 13.2 Å². The van der Waals surface area contributed by atoms with E-state index in [0.717, 1.165) is 11.6 Å². The van der Waals surface area contributed by atoms with Crippen LogP contribution in [-0.2, 0) is 6.42 Å². The molecule has 1 unspecified atom stereocenters. The topological polar surface area (TPSA) is 64.6 Å². The second-order valence-electron chi connectivity index (χ2n) is 7.86. The Balaban J connectivity index is 1.86. The number of likely N-dealkylation sites (N-methyl/N-ethyl adjacent to an activating group) is 1. The zero-order valence-electron chi connectivity index (χ0n) is 17.9. The molecule has 3 N–H and O–H groups in total. The molecule has 1 aliphatic rings. The molecule has 1 fully saturated rings. The van der Waals surface area contributed by atoms with Crippen molar-refractivity contribution in [3.63, 3.8) is 0 Å². The van der Waals surface area contributed by atoms with Crippen LogP contribution in [0.5, 0.6) is 0 Å². The fourth-order valence-electron chi connectivity index (χ4n) is 3.98. The summed E-state index contributed by atoms with van der Waals surface area (Å²) in [7, 11) is 0. The Labute approximate surface area is 180 Å². The summed E-state index contributed by atoms with van der Waals surface area (Å²) in [5.74, 6) is -3.61. The van der Waals surface area contributed by atoms with Gasteiger partial charge in [0.05, 0.1) is 30.0 Å². The van der Waals surface area contributed by atoms with Crippen LogP contribution in [0.3, 0.4) is 0 Å². The van der Waals surface area contributed by atoms with Crippen LogP contribution < -0.4 is 10.6 Å². The highest BCUT2D eigenvalue weighted by molar-refractivity contribution is 6.01. The molecule has 1 heterocycles. The average molecular weight is 435 g/mol. The van der Waals surface area contributed by atoms with Crippen molar-refractivity contribution in [1.82, 2.24) is 10.2 Å². The molecule has 1 saturated heterocycles. The number of nitrogens with one attached hydrogen (secondary N) is 2. The van der Waals surface area contributed by atoms with Crippen molar-refractivity contribution in [2.24, 2.45) is 0 Å². The van der Waals surface area contributed by atoms with Gasteiger partial charge in [0.1, 0.15) is 11.4 Å². The summed E-state index contributed by atoms with van der Waals surface area (Å²) in [6, 6.07) is 6.25. The second kappa shape index (κ2) is 9.28. The highest BCUT2D eigenvalue weighted by atomic mass is 19.2. The molecule has 0 aliphatic carbocycles. The van der Waals surface area contributed by atoms with Crippen molar-refractivity contribution in [2.45, 2.75) is 45.3 Å². The van der Waals surface area contributed by atoms with Crippen LogP contribution in [0.2, 0.25) is 0 Å². The molecule has 1 amide bonds. The maximum atomic E-state index is 14.6. The summed E-state index contributed by atoms with van der Waals surface area (Å²) < 4.78 is 42.9. The fourth-order valence-corrected chi connectivity index (χ4v) is 3.98. The average Bonchev–Trinajstić information content (AvgIpc) is 2.73. The number of aliphatic hydroxyl groups is 1. The molecule has 3 rings (SSSR count). The predicted octanol–water partition coefficient (Wildman–Crippen LogP) is 3.98. The Morgan fingerprint density at radius 1 is 1.13 bits per heavy atom. The number of hydrogen-bond acceptors (Lipinski definition) is 4. The van der Waals surface area contributed by atoms with Gasteiger partial charge in [0.25, 0.3) is 5.91 Å². The number of anilines is 2. The van der Waals surface area contributed by atoms with Gasteiger partial charge in [0.2, 0.25) is 0 Å². The third-order valence-electron chi connectivity index (χ3n) is 5.75. The zero-order chi connectivity index (χ0) is 22.8. The van der Waals surface area contributed by atoms with Gasteiger partial charge in [-0.3, -0.25) is 4.79 Å². The van der Waals surface area contributed by atoms with E-state index in [1.165, 1.54) is 23.1 Å². The van der Waals surface area contributed by atoms with Crippen LogP contribution in [0.15, 0.2) is 30.3 Å². The minimum absolute atomic E-state index is 0.0611. The molecular formula is C23H28F3N3O2. The summed E-state index contributed by atoms with van der Waals surface area (Å²) in [4.78, 5) is 14.4. The Bertz CT molecular complexity index is 961. The smallest absolute Gasteiger partial charge is 0.256 e. The molecule has 2 aromatic carbocycles. The van der Waals surface area contributed by atoms with Gasteiger partial charge in [-0.05, 0) is 49.2 Å². The van der Waals surface area contributed by atoms with Crippen LogP contribution in [0, 0.1) is 17.5 Å². The van der Waals surface area contributed by atoms with E-state index in [1.54, 1.807) is 6.07 Å². The number of β-amino-alcohol motifs (C(OH)–C–C–N with tert-alkyl or cyclic N) is 1. The van der Waals surface area contributed by atoms with Crippen molar-refractivity contribution in [1.29, 1.82) is 0 Å². The van der Waals surface area contributed by atoms with Gasteiger partial charge in [-0.2, -0.15) is 0 Å². The fraction of sp³-hybridized carbons (Fsp3) is 0.435. The summed E-state index contributed by atoms with van der Waals surface area (Å²) in [5.41, 5.74) is -0.952. The molecule has 1 aliphatic heterocycles. The molecule has 2 aromatic rings. The van der Waals surface area contributed by atoms with Crippen LogP contribution in [-0.4, -0.2) is 47.2 Å². The molecule has 0 radical (unpaired) electrons. The summed E-state index contributed by atoms with van der Waals surface area (Å²) in [6.45, 7) is 6.54. The molecule has 0 aromatic heterocycles. The minimum atomic E-state index is -1.26. The molecule has 1 atom stereocenters. The number of hydrogen-bond donors (Lipinski definition) is 3. The first-order valence-electron chi connectivity index (χ1n) is 10.5. The molecule has 5 nitrogen and oxygen atoms in total. The minimum Gasteiger partial charge on any atom is -0.385 e. The standard InChI is InChI=1S/C23H28F3N3O2/c1-4-14-7-10-18(17(25)11-14)28-21-15(8-9-16(24)20(21)26)22(30)29-12-23(31,13-29)19(5-2)27-6-3/h7-11,19,27-28,31H,4-6,12-13H2,1-3H3. The van der Waals surface area contributed by atoms with Gasteiger partial charge in [-0.15, -0.1) is 0 Å². The quantitative estimate of drug-likeness (QED) is 0.587. The first-order chi connectivity index (χ1) is 14.7. The van der Waals surface area contributed by atoms with Crippen LogP contribution >= 0.6 is 0 Å². The van der Waals surface area contributed by atoms with Gasteiger partial charge in [-0.1, -0.05) is 26.8 Å². The van der Waals surface area contributed by atoms with Gasteiger partial charge < -0.3 is 20.6 Å². The Hall–Kier alpha value is -2.58. The number of amides is 1. The Morgan fingerprint density at radius 2 is 1.84 bits per heavy atom. The van der Waals surface area contributed by atoms with E-state index in [-0.39, 0.29) is 30.4 Å². The van der Waals surface area contributed by atoms with E-state index in [4.69, 9.17) is 0 Å². The lowest BCUT2D eigenvalue weighted by Gasteiger charge is -2.50. The monoisotopic (exact) mass is 435 g/mol. The molecule has 0 bridgehead atoms. The number of likely N-dealkylation sites (tertiary alicyclic amines) is 1. The van der Waals surface area contributed by atoms with E-state index in [2.05, 4.69) is 10.6 Å². The molecule has 8 heteroatoms. The first kappa shape index (κ1) is 23.1. The maximum absolute atomic E-state index is 14.6. The second-order valence-corrected chi connectivity index (χ2v) is 7.86. The van der Waals surface area contributed by atoms with E-state index >= 15 is 0 Å². The van der Waals surface area contributed by atoms with Crippen LogP contribution in [0.25, 0.3) is 0 Å². The van der Waals surface area contributed by atoms with Gasteiger partial charge in [0.15, 0.2) is 11.6 Å². The largest absolute Gasteiger partial charge is 0.385 e. The molecule has 168 valence electrons. The van der Waals surface area contributed by atoms with Crippen molar-refractivity contribution in [3.8, 4) is 0 Å². The Morgan fingerprint density at radius 3 is 2.42 bits per heavy atom. The van der Waals surface area contributed by atoms with E-state index < -0.39 is 34.6 Å². The first-order valence-corrected chi connectivity index (χ1v) is 10.5. The van der Waals surface area contributed by atoms with E-state index in [0.29, 0.717) is 19.4 Å². The molecular weight excluding hydrogens is 407 g/mol. The number of halogens is 3. The lowest BCUT2D eigenvalue weighted by molar-refractivity contribution is -0.104. The maximum Gasteiger partial charge on any atom is 0.256 e. The number of carbonyl (C=O) groups excluding carboxylic acids is 1. The number of rotatable bonds is 8. The molecule has 0 saturated carbocycles. The van der Waals surface area contributed by atoms with Crippen LogP contribution in [0.4, 0.5) is 24.5 Å². The van der Waals surface area contributed by atoms with E-state index in [1.807, 2.05) is 20.8 Å². The third kappa shape index (κ3) is 4.55. The summed E-state index contributed by atoms with van der Waals surface area (Å²) in [6.07, 6.45) is 1.30. The highest BCUT2D eigenvalue weighted by Crippen LogP contribution is 2.33. The lowest BCUT2D eigenvalue weighted by atomic mass is 9.84. The number of carbonyl (C=O) groups is 1. The molecule has 0 spiro atoms. The van der Waals surface area contributed by atoms with Crippen molar-refractivity contribution >= 4 is 17.3 Å². The summed E-state index contributed by atoms with van der Waals surface area (Å²) in [5, 5.41) is 16.5. The lowest BCUT2D eigenvalue weighted by Crippen LogP contribution is -2.71.